The Balaban J connectivity index is 2.70. The van der Waals surface area contributed by atoms with Crippen molar-refractivity contribution in [2.75, 3.05) is 13.2 Å². The van der Waals surface area contributed by atoms with Crippen LogP contribution in [0.4, 0.5) is 9.59 Å². The van der Waals surface area contributed by atoms with Crippen molar-refractivity contribution in [3.63, 3.8) is 0 Å². The van der Waals surface area contributed by atoms with Crippen LogP contribution in [0.1, 0.15) is 30.5 Å². The summed E-state index contributed by atoms with van der Waals surface area (Å²) in [7, 11) is 0. The molecule has 32 heavy (non-hydrogen) atoms. The van der Waals surface area contributed by atoms with Crippen LogP contribution in [0.25, 0.3) is 0 Å². The van der Waals surface area contributed by atoms with Gasteiger partial charge in [0.2, 0.25) is 0 Å². The van der Waals surface area contributed by atoms with Gasteiger partial charge in [0.1, 0.15) is 0 Å². The van der Waals surface area contributed by atoms with Crippen LogP contribution in [0.5, 0.6) is 0 Å². The van der Waals surface area contributed by atoms with Gasteiger partial charge in [-0.3, -0.25) is 0 Å². The first-order valence-electron chi connectivity index (χ1n) is 10.9. The minimum absolute atomic E-state index is 0.173. The van der Waals surface area contributed by atoms with Gasteiger partial charge in [-0.05, 0) is 0 Å². The van der Waals surface area contributed by atoms with Crippen molar-refractivity contribution < 1.29 is 19.1 Å². The molecule has 0 unspecified atom stereocenters. The zero-order chi connectivity index (χ0) is 23.4. The molecule has 0 spiro atoms. The molecule has 4 nitrogen and oxygen atoms in total. The number of carbonyl (C=O) groups is 2. The summed E-state index contributed by atoms with van der Waals surface area (Å²) in [4.78, 5) is 28.8. The molecule has 0 amide bonds. The van der Waals surface area contributed by atoms with E-state index in [1.165, 1.54) is 0 Å². The van der Waals surface area contributed by atoms with E-state index in [4.69, 9.17) is 9.47 Å². The monoisotopic (exact) mass is 628 g/mol. The van der Waals surface area contributed by atoms with E-state index < -0.39 is 26.1 Å². The maximum absolute atomic E-state index is 14.4. The van der Waals surface area contributed by atoms with Crippen molar-refractivity contribution in [1.29, 1.82) is 0 Å². The third kappa shape index (κ3) is 3.57. The summed E-state index contributed by atoms with van der Waals surface area (Å²) < 4.78 is 12.9. The summed E-state index contributed by atoms with van der Waals surface area (Å²) in [6.45, 7) is 9.80. The molecular formula is C27H31BiO4. The zero-order valence-corrected chi connectivity index (χ0v) is 22.9. The number of ether oxygens (including phenoxy) is 2. The molecule has 0 N–H and O–H groups in total. The molecule has 0 radical (unpaired) electrons. The topological polar surface area (TPSA) is 52.6 Å². The van der Waals surface area contributed by atoms with Crippen molar-refractivity contribution in [2.24, 2.45) is 0 Å². The summed E-state index contributed by atoms with van der Waals surface area (Å²) >= 11 is -5.96. The fraction of sp³-hybridized carbons (Fsp3) is 0.259. The van der Waals surface area contributed by atoms with Gasteiger partial charge >= 0.3 is 192 Å². The number of benzene rings is 3. The number of aryl methyl sites for hydroxylation is 3. The van der Waals surface area contributed by atoms with Crippen LogP contribution in [0.3, 0.4) is 0 Å². The van der Waals surface area contributed by atoms with Crippen LogP contribution in [-0.4, -0.2) is 39.4 Å². The van der Waals surface area contributed by atoms with Crippen LogP contribution in [-0.2, 0) is 9.47 Å². The van der Waals surface area contributed by atoms with Gasteiger partial charge in [0.05, 0.1) is 0 Å². The van der Waals surface area contributed by atoms with E-state index in [2.05, 4.69) is 0 Å². The summed E-state index contributed by atoms with van der Waals surface area (Å²) in [5.74, 6) is 0. The Morgan fingerprint density at radius 3 is 1.19 bits per heavy atom. The van der Waals surface area contributed by atoms with Crippen molar-refractivity contribution in [1.82, 2.24) is 0 Å². The molecule has 0 aliphatic heterocycles. The Morgan fingerprint density at radius 2 is 0.938 bits per heavy atom. The Labute approximate surface area is 191 Å². The molecule has 0 aliphatic rings. The van der Waals surface area contributed by atoms with Crippen molar-refractivity contribution in [2.45, 2.75) is 34.6 Å². The molecule has 0 aliphatic carbocycles. The molecule has 0 atom stereocenters. The second kappa shape index (κ2) is 9.54. The molecule has 0 saturated carbocycles. The fourth-order valence-electron chi connectivity index (χ4n) is 4.38. The third-order valence-corrected chi connectivity index (χ3v) is 27.8. The standard InChI is InChI=1S/3C7H7.2C3H5O2.Bi/c3*1-7-5-3-2-4-6-7;2*1-2-5-3-4;/h3*2-3,5-6H,1H3;2*2H2,1H3;. The molecule has 3 aromatic rings. The van der Waals surface area contributed by atoms with Gasteiger partial charge < -0.3 is 0 Å². The number of hydrogen-bond acceptors (Lipinski definition) is 4. The van der Waals surface area contributed by atoms with Crippen LogP contribution in [0.2, 0.25) is 0 Å². The zero-order valence-electron chi connectivity index (χ0n) is 19.4. The Morgan fingerprint density at radius 1 is 0.625 bits per heavy atom. The van der Waals surface area contributed by atoms with Gasteiger partial charge in [-0.2, -0.15) is 0 Å². The van der Waals surface area contributed by atoms with Crippen LogP contribution >= 0.6 is 0 Å². The molecular weight excluding hydrogens is 597 g/mol. The molecule has 5 heteroatoms. The second-order valence-corrected chi connectivity index (χ2v) is 25.6. The predicted octanol–water partition coefficient (Wildman–Crippen LogP) is 4.51. The van der Waals surface area contributed by atoms with E-state index in [-0.39, 0.29) is 13.2 Å². The summed E-state index contributed by atoms with van der Waals surface area (Å²) in [5.41, 5.74) is 2.91. The minimum atomic E-state index is -5.96. The molecule has 0 heterocycles. The molecule has 0 aromatic heterocycles. The van der Waals surface area contributed by atoms with Gasteiger partial charge in [-0.1, -0.05) is 0 Å². The first-order valence-corrected chi connectivity index (χ1v) is 19.6. The van der Waals surface area contributed by atoms with Crippen LogP contribution in [0, 0.1) is 20.8 Å². The van der Waals surface area contributed by atoms with E-state index in [1.807, 2.05) is 93.6 Å². The van der Waals surface area contributed by atoms with Crippen molar-refractivity contribution in [3.8, 4) is 0 Å². The van der Waals surface area contributed by atoms with E-state index in [1.54, 1.807) is 13.8 Å². The average Bonchev–Trinajstić information content (AvgIpc) is 2.75. The summed E-state index contributed by atoms with van der Waals surface area (Å²) in [6, 6.07) is 23.2. The van der Waals surface area contributed by atoms with Gasteiger partial charge in [0, 0.05) is 0 Å². The van der Waals surface area contributed by atoms with Crippen LogP contribution < -0.4 is 9.81 Å². The average molecular weight is 629 g/mol. The van der Waals surface area contributed by atoms with E-state index in [9.17, 15) is 9.59 Å². The van der Waals surface area contributed by atoms with Crippen molar-refractivity contribution >= 4 is 36.0 Å². The Hall–Kier alpha value is -2.52. The first-order chi connectivity index (χ1) is 15.3. The quantitative estimate of drug-likeness (QED) is 0.362. The van der Waals surface area contributed by atoms with E-state index in [0.717, 1.165) is 16.7 Å². The summed E-state index contributed by atoms with van der Waals surface area (Å²) in [5, 5.41) is 0. The molecule has 0 fully saturated rings. The van der Waals surface area contributed by atoms with Gasteiger partial charge in [0.15, 0.2) is 0 Å². The van der Waals surface area contributed by atoms with Crippen molar-refractivity contribution in [3.05, 3.63) is 89.5 Å². The molecule has 3 rings (SSSR count). The fourth-order valence-corrected chi connectivity index (χ4v) is 26.2. The van der Waals surface area contributed by atoms with E-state index >= 15 is 0 Å². The molecule has 0 saturated heterocycles. The normalized spacial score (nSPS) is 12.5. The summed E-state index contributed by atoms with van der Waals surface area (Å²) in [6.07, 6.45) is 0. The Bertz CT molecular complexity index is 1020. The Kier molecular flexibility index (Phi) is 7.20. The second-order valence-electron chi connectivity index (χ2n) is 8.03. The number of hydrogen-bond donors (Lipinski definition) is 0. The van der Waals surface area contributed by atoms with Gasteiger partial charge in [-0.15, -0.1) is 0 Å². The maximum atomic E-state index is 14.4. The first kappa shape index (κ1) is 24.1. The van der Waals surface area contributed by atoms with Gasteiger partial charge in [0.25, 0.3) is 0 Å². The molecule has 3 aromatic carbocycles. The third-order valence-electron chi connectivity index (χ3n) is 5.82. The number of rotatable bonds is 7. The SMILES string of the molecule is CCO[C](=O)[Bi]([C](=O)OCC)([c]1cccc(C)c1)([c]1cccc(C)c1)[c]1cccc(C)c1. The van der Waals surface area contributed by atoms with Crippen LogP contribution in [0.15, 0.2) is 72.8 Å². The van der Waals surface area contributed by atoms with E-state index in [0.29, 0.717) is 9.81 Å². The number of carbonyl (C=O) groups excluding carboxylic acids is 2. The molecule has 168 valence electrons. The molecule has 0 bridgehead atoms. The van der Waals surface area contributed by atoms with Gasteiger partial charge in [-0.25, -0.2) is 0 Å². The predicted molar refractivity (Wildman–Crippen MR) is 132 cm³/mol.